The first kappa shape index (κ1) is 16.7. The number of alkyl halides is 2. The number of anilines is 1. The second-order valence-corrected chi connectivity index (χ2v) is 7.51. The van der Waals surface area contributed by atoms with Gasteiger partial charge in [0.05, 0.1) is 12.1 Å². The molecule has 0 fully saturated rings. The Morgan fingerprint density at radius 1 is 1.24 bits per heavy atom. The van der Waals surface area contributed by atoms with Crippen LogP contribution in [0.4, 0.5) is 19.1 Å². The number of carbonyl (C=O) groups excluding carboxylic acids is 1. The van der Waals surface area contributed by atoms with Crippen molar-refractivity contribution in [3.63, 3.8) is 0 Å². The van der Waals surface area contributed by atoms with Gasteiger partial charge in [-0.15, -0.1) is 5.10 Å². The van der Waals surface area contributed by atoms with E-state index in [9.17, 15) is 18.7 Å². The number of rotatable bonds is 6. The molecule has 1 amide bonds. The number of halogens is 3. The lowest BCUT2D eigenvalue weighted by atomic mass is 9.98. The fourth-order valence-electron chi connectivity index (χ4n) is 3.38. The van der Waals surface area contributed by atoms with Gasteiger partial charge in [0, 0.05) is 20.0 Å². The van der Waals surface area contributed by atoms with E-state index in [-0.39, 0.29) is 33.8 Å². The summed E-state index contributed by atoms with van der Waals surface area (Å²) >= 11 is 0. The zero-order chi connectivity index (χ0) is 29.6. The van der Waals surface area contributed by atoms with Gasteiger partial charge in [0.15, 0.2) is 5.65 Å². The molecule has 2 aromatic carbocycles. The summed E-state index contributed by atoms with van der Waals surface area (Å²) in [6.07, 6.45) is -1.05. The monoisotopic (exact) mass is 475 g/mol. The minimum atomic E-state index is -4.00. The minimum Gasteiger partial charge on any atom is -0.382 e. The lowest BCUT2D eigenvalue weighted by molar-refractivity contribution is -0.106. The van der Waals surface area contributed by atoms with Gasteiger partial charge in [-0.1, -0.05) is 42.0 Å². The van der Waals surface area contributed by atoms with Crippen molar-refractivity contribution in [1.29, 1.82) is 0 Å². The summed E-state index contributed by atoms with van der Waals surface area (Å²) in [5, 5.41) is 15.9. The molecule has 4 aromatic rings. The molecule has 10 heteroatoms. The van der Waals surface area contributed by atoms with Crippen LogP contribution in [0.3, 0.4) is 0 Å². The maximum absolute atomic E-state index is 15.7. The number of carbonyl (C=O) groups is 1. The van der Waals surface area contributed by atoms with E-state index in [0.29, 0.717) is 0 Å². The third-order valence-corrected chi connectivity index (χ3v) is 5.15. The molecule has 0 saturated heterocycles. The van der Waals surface area contributed by atoms with Crippen LogP contribution in [0.25, 0.3) is 16.8 Å². The smallest absolute Gasteiger partial charge is 0.294 e. The van der Waals surface area contributed by atoms with Crippen LogP contribution in [0.1, 0.15) is 41.4 Å². The molecule has 4 N–H and O–H groups in total. The Hall–Kier alpha value is -3.92. The number of aryl methyl sites for hydroxylation is 2. The molecule has 0 radical (unpaired) electrons. The van der Waals surface area contributed by atoms with E-state index >= 15 is 4.39 Å². The molecule has 0 spiro atoms. The van der Waals surface area contributed by atoms with Gasteiger partial charge in [-0.25, -0.2) is 17.7 Å². The summed E-state index contributed by atoms with van der Waals surface area (Å²) in [7, 11) is 0. The third-order valence-electron chi connectivity index (χ3n) is 5.15. The van der Waals surface area contributed by atoms with Crippen LogP contribution in [0, 0.1) is 19.5 Å². The molecule has 176 valence electrons. The number of amides is 1. The highest BCUT2D eigenvalue weighted by molar-refractivity contribution is 5.97. The number of nitrogens with two attached hydrogens (primary N) is 1. The molecule has 4 rings (SSSR count). The molecular formula is C24H22F3N5O2. The number of pyridine rings is 1. The number of aliphatic hydroxyl groups is 1. The Kier molecular flexibility index (Phi) is 4.30. The van der Waals surface area contributed by atoms with Gasteiger partial charge in [0.25, 0.3) is 11.8 Å². The molecule has 2 aromatic heterocycles. The molecule has 1 atom stereocenters. The van der Waals surface area contributed by atoms with E-state index in [2.05, 4.69) is 10.1 Å². The van der Waals surface area contributed by atoms with Crippen LogP contribution < -0.4 is 11.1 Å². The average Bonchev–Trinajstić information content (AvgIpc) is 3.24. The highest BCUT2D eigenvalue weighted by Gasteiger charge is 2.40. The van der Waals surface area contributed by atoms with E-state index in [0.717, 1.165) is 36.4 Å². The van der Waals surface area contributed by atoms with Gasteiger partial charge in [-0.05, 0) is 42.5 Å². The number of nitrogens with one attached hydrogen (secondary N) is 1. The Bertz CT molecular complexity index is 1570. The maximum Gasteiger partial charge on any atom is 0.294 e. The van der Waals surface area contributed by atoms with Gasteiger partial charge in [-0.3, -0.25) is 4.79 Å². The van der Waals surface area contributed by atoms with Gasteiger partial charge in [0.2, 0.25) is 5.95 Å². The summed E-state index contributed by atoms with van der Waals surface area (Å²) in [6.45, 7) is -6.93. The number of benzene rings is 2. The van der Waals surface area contributed by atoms with E-state index in [1.165, 1.54) is 22.8 Å². The summed E-state index contributed by atoms with van der Waals surface area (Å²) in [6, 6.07) is 9.10. The van der Waals surface area contributed by atoms with Crippen molar-refractivity contribution in [1.82, 2.24) is 19.9 Å². The highest BCUT2D eigenvalue weighted by atomic mass is 19.3. The van der Waals surface area contributed by atoms with Crippen molar-refractivity contribution in [3.05, 3.63) is 82.8 Å². The van der Waals surface area contributed by atoms with Crippen LogP contribution in [0.2, 0.25) is 0 Å². The zero-order valence-corrected chi connectivity index (χ0v) is 17.4. The number of nitrogens with zero attached hydrogens (tertiary/aromatic N) is 3. The second kappa shape index (κ2) is 8.79. The zero-order valence-electron chi connectivity index (χ0n) is 23.4. The summed E-state index contributed by atoms with van der Waals surface area (Å²) in [5.74, 6) is -6.76. The average molecular weight is 476 g/mol. The van der Waals surface area contributed by atoms with Crippen LogP contribution >= 0.6 is 0 Å². The lowest BCUT2D eigenvalue weighted by Gasteiger charge is -2.23. The van der Waals surface area contributed by atoms with E-state index in [1.54, 1.807) is 0 Å². The van der Waals surface area contributed by atoms with Gasteiger partial charge in [-0.2, -0.15) is 4.98 Å². The molecule has 0 bridgehead atoms. The Morgan fingerprint density at radius 3 is 2.71 bits per heavy atom. The first-order valence-electron chi connectivity index (χ1n) is 12.9. The SMILES string of the molecule is [2H]C([2H])([2H])c1ccc([C@@H](O)C(F)(F)CNC(=O)c2c(C([2H])([2H])[2H])ccc(-c3ccn4nc(N)nc4c3)c2F)cc1. The summed E-state index contributed by atoms with van der Waals surface area (Å²) in [5.41, 5.74) is 3.65. The number of nitrogen functional groups attached to an aromatic ring is 1. The molecule has 2 heterocycles. The van der Waals surface area contributed by atoms with Crippen LogP contribution in [0.5, 0.6) is 0 Å². The van der Waals surface area contributed by atoms with Gasteiger partial charge < -0.3 is 16.2 Å². The lowest BCUT2D eigenvalue weighted by Crippen LogP contribution is -2.41. The third kappa shape index (κ3) is 4.44. The quantitative estimate of drug-likeness (QED) is 0.393. The Balaban J connectivity index is 1.63. The van der Waals surface area contributed by atoms with E-state index in [1.807, 2.05) is 5.32 Å². The molecule has 0 unspecified atom stereocenters. The highest BCUT2D eigenvalue weighted by Crippen LogP contribution is 2.32. The predicted octanol–water partition coefficient (Wildman–Crippen LogP) is 3.83. The fourth-order valence-corrected chi connectivity index (χ4v) is 3.38. The van der Waals surface area contributed by atoms with E-state index < -0.39 is 55.1 Å². The van der Waals surface area contributed by atoms with Gasteiger partial charge >= 0.3 is 0 Å². The molecule has 0 aliphatic heterocycles. The van der Waals surface area contributed by atoms with Crippen molar-refractivity contribution in [3.8, 4) is 11.1 Å². The number of hydrogen-bond acceptors (Lipinski definition) is 5. The van der Waals surface area contributed by atoms with Crippen LogP contribution in [-0.4, -0.2) is 38.1 Å². The molecule has 0 aliphatic carbocycles. The first-order chi connectivity index (χ1) is 18.5. The largest absolute Gasteiger partial charge is 0.382 e. The standard InChI is InChI=1S/C24H22F3N5O2/c1-13-3-6-15(7-4-13)21(33)24(26,27)12-29-22(34)19-14(2)5-8-17(20(19)25)16-9-10-32-18(11-16)30-23(28)31-32/h3-11,21,33H,12H2,1-2H3,(H2,28,31)(H,29,34)/t21-/m1/s1/i1D3,2D3. The van der Waals surface area contributed by atoms with Crippen molar-refractivity contribution in [2.24, 2.45) is 0 Å². The van der Waals surface area contributed by atoms with Crippen LogP contribution in [0.15, 0.2) is 54.7 Å². The summed E-state index contributed by atoms with van der Waals surface area (Å²) in [4.78, 5) is 16.9. The summed E-state index contributed by atoms with van der Waals surface area (Å²) < 4.78 is 91.9. The fraction of sp³-hybridized carbons (Fsp3) is 0.208. The topological polar surface area (TPSA) is 106 Å². The molecule has 7 nitrogen and oxygen atoms in total. The van der Waals surface area contributed by atoms with E-state index in [4.69, 9.17) is 14.0 Å². The number of aliphatic hydroxyl groups excluding tert-OH is 1. The van der Waals surface area contributed by atoms with Crippen LogP contribution in [-0.2, 0) is 0 Å². The predicted molar refractivity (Wildman–Crippen MR) is 121 cm³/mol. The minimum absolute atomic E-state index is 0.0493. The molecule has 34 heavy (non-hydrogen) atoms. The molecule has 0 aliphatic rings. The van der Waals surface area contributed by atoms with Crippen molar-refractivity contribution >= 4 is 17.5 Å². The van der Waals surface area contributed by atoms with Crippen molar-refractivity contribution < 1.29 is 31.3 Å². The number of aromatic nitrogens is 3. The number of hydrogen-bond donors (Lipinski definition) is 3. The Morgan fingerprint density at radius 2 is 2.00 bits per heavy atom. The second-order valence-electron chi connectivity index (χ2n) is 7.51. The molecule has 0 saturated carbocycles. The molecular weight excluding hydrogens is 447 g/mol. The Labute approximate surface area is 201 Å². The normalized spacial score (nSPS) is 16.0. The first-order valence-corrected chi connectivity index (χ1v) is 9.89. The maximum atomic E-state index is 15.7. The van der Waals surface area contributed by atoms with Gasteiger partial charge in [0.1, 0.15) is 11.9 Å². The van der Waals surface area contributed by atoms with Crippen molar-refractivity contribution in [2.45, 2.75) is 25.7 Å². The number of fused-ring (bicyclic) bond motifs is 1. The van der Waals surface area contributed by atoms with Crippen molar-refractivity contribution in [2.75, 3.05) is 12.3 Å².